The van der Waals surface area contributed by atoms with Crippen LogP contribution in [0.5, 0.6) is 11.5 Å². The molecule has 37 heavy (non-hydrogen) atoms. The number of rotatable bonds is 10. The van der Waals surface area contributed by atoms with Crippen LogP contribution in [0, 0.1) is 6.92 Å². The fraction of sp³-hybridized carbons (Fsp3) is 0.276. The number of aryl methyl sites for hydroxylation is 2. The van der Waals surface area contributed by atoms with Gasteiger partial charge in [0.2, 0.25) is 11.7 Å². The molecule has 192 valence electrons. The number of carbonyl (C=O) groups excluding carboxylic acids is 1. The van der Waals surface area contributed by atoms with E-state index in [2.05, 4.69) is 15.5 Å². The van der Waals surface area contributed by atoms with Gasteiger partial charge in [-0.2, -0.15) is 4.98 Å². The van der Waals surface area contributed by atoms with Crippen molar-refractivity contribution in [2.24, 2.45) is 0 Å². The molecule has 0 bridgehead atoms. The number of hydrogen-bond donors (Lipinski definition) is 1. The van der Waals surface area contributed by atoms with E-state index in [1.165, 1.54) is 0 Å². The van der Waals surface area contributed by atoms with Gasteiger partial charge in [-0.15, -0.1) is 0 Å². The van der Waals surface area contributed by atoms with Crippen LogP contribution in [0.4, 0.5) is 5.69 Å². The number of anilines is 1. The Labute approximate surface area is 217 Å². The third-order valence-corrected chi connectivity index (χ3v) is 5.93. The number of benzene rings is 3. The number of amides is 1. The predicted molar refractivity (Wildman–Crippen MR) is 144 cm³/mol. The summed E-state index contributed by atoms with van der Waals surface area (Å²) in [7, 11) is 5.56. The van der Waals surface area contributed by atoms with Gasteiger partial charge >= 0.3 is 0 Å². The lowest BCUT2D eigenvalue weighted by molar-refractivity contribution is 0.102. The normalized spacial score (nSPS) is 11.0. The van der Waals surface area contributed by atoms with E-state index in [1.807, 2.05) is 75.3 Å². The molecule has 0 aliphatic heterocycles. The van der Waals surface area contributed by atoms with E-state index in [0.717, 1.165) is 28.8 Å². The summed E-state index contributed by atoms with van der Waals surface area (Å²) in [5, 5.41) is 7.00. The Morgan fingerprint density at radius 3 is 2.41 bits per heavy atom. The van der Waals surface area contributed by atoms with Crippen molar-refractivity contribution in [3.8, 4) is 34.0 Å². The first-order chi connectivity index (χ1) is 17.9. The molecule has 0 unspecified atom stereocenters. The van der Waals surface area contributed by atoms with Gasteiger partial charge in [0.1, 0.15) is 6.61 Å². The smallest absolute Gasteiger partial charge is 0.255 e. The number of nitrogens with zero attached hydrogens (tertiary/aromatic N) is 3. The molecule has 0 saturated carbocycles. The molecule has 0 radical (unpaired) electrons. The van der Waals surface area contributed by atoms with Crippen molar-refractivity contribution in [2.75, 3.05) is 39.7 Å². The minimum absolute atomic E-state index is 0.202. The molecule has 1 aromatic heterocycles. The van der Waals surface area contributed by atoms with Crippen molar-refractivity contribution in [3.63, 3.8) is 0 Å². The first-order valence-corrected chi connectivity index (χ1v) is 12.2. The highest BCUT2D eigenvalue weighted by atomic mass is 16.5. The van der Waals surface area contributed by atoms with Crippen molar-refractivity contribution in [1.29, 1.82) is 0 Å². The van der Waals surface area contributed by atoms with Gasteiger partial charge in [-0.25, -0.2) is 0 Å². The van der Waals surface area contributed by atoms with Gasteiger partial charge in [0, 0.05) is 35.8 Å². The van der Waals surface area contributed by atoms with E-state index in [1.54, 1.807) is 25.3 Å². The van der Waals surface area contributed by atoms with Gasteiger partial charge < -0.3 is 24.2 Å². The van der Waals surface area contributed by atoms with E-state index < -0.39 is 0 Å². The van der Waals surface area contributed by atoms with Gasteiger partial charge in [0.25, 0.3) is 5.91 Å². The second kappa shape index (κ2) is 11.7. The largest absolute Gasteiger partial charge is 0.493 e. The Morgan fingerprint density at radius 2 is 1.76 bits per heavy atom. The Hall–Kier alpha value is -4.17. The van der Waals surface area contributed by atoms with Gasteiger partial charge in [0.15, 0.2) is 11.5 Å². The number of likely N-dealkylation sites (N-methyl/N-ethyl adjacent to an activating group) is 1. The highest BCUT2D eigenvalue weighted by Gasteiger charge is 2.13. The molecule has 1 amide bonds. The monoisotopic (exact) mass is 500 g/mol. The van der Waals surface area contributed by atoms with E-state index in [9.17, 15) is 4.79 Å². The SMILES string of the molecule is CCc1nc(-c2ccc(-c3ccc(C(=O)Nc4ccc(OC)c(OCCN(C)C)c4)cc3)c(C)c2)no1. The maximum Gasteiger partial charge on any atom is 0.255 e. The van der Waals surface area contributed by atoms with Gasteiger partial charge in [0.05, 0.1) is 7.11 Å². The van der Waals surface area contributed by atoms with Crippen LogP contribution in [0.15, 0.2) is 65.2 Å². The molecule has 1 N–H and O–H groups in total. The Kier molecular flexibility index (Phi) is 8.20. The number of aromatic nitrogens is 2. The predicted octanol–water partition coefficient (Wildman–Crippen LogP) is 5.48. The fourth-order valence-electron chi connectivity index (χ4n) is 3.85. The summed E-state index contributed by atoms with van der Waals surface area (Å²) in [5.41, 5.74) is 5.27. The van der Waals surface area contributed by atoms with Gasteiger partial charge in [-0.1, -0.05) is 36.3 Å². The van der Waals surface area contributed by atoms with E-state index in [0.29, 0.717) is 47.5 Å². The highest BCUT2D eigenvalue weighted by Crippen LogP contribution is 2.31. The number of carbonyl (C=O) groups is 1. The van der Waals surface area contributed by atoms with Gasteiger partial charge in [-0.05, 0) is 68.0 Å². The van der Waals surface area contributed by atoms with E-state index in [-0.39, 0.29) is 5.91 Å². The van der Waals surface area contributed by atoms with Crippen molar-refractivity contribution in [3.05, 3.63) is 77.7 Å². The second-order valence-corrected chi connectivity index (χ2v) is 8.94. The first-order valence-electron chi connectivity index (χ1n) is 12.2. The molecule has 3 aromatic carbocycles. The van der Waals surface area contributed by atoms with Crippen molar-refractivity contribution >= 4 is 11.6 Å². The zero-order valence-electron chi connectivity index (χ0n) is 21.9. The standard InChI is InChI=1S/C29H32N4O4/c1-6-27-31-28(32-37-27)22-11-13-24(19(2)17-22)20-7-9-21(10-8-20)29(34)30-23-12-14-25(35-5)26(18-23)36-16-15-33(3)4/h7-14,17-18H,6,15-16H2,1-5H3,(H,30,34). The quantitative estimate of drug-likeness (QED) is 0.309. The number of hydrogen-bond acceptors (Lipinski definition) is 7. The molecule has 0 spiro atoms. The molecule has 8 nitrogen and oxygen atoms in total. The number of nitrogens with one attached hydrogen (secondary N) is 1. The molecule has 0 saturated heterocycles. The van der Waals surface area contributed by atoms with Crippen LogP contribution >= 0.6 is 0 Å². The summed E-state index contributed by atoms with van der Waals surface area (Å²) in [5.74, 6) is 2.21. The van der Waals surface area contributed by atoms with Crippen molar-refractivity contribution in [2.45, 2.75) is 20.3 Å². The molecular weight excluding hydrogens is 468 g/mol. The maximum absolute atomic E-state index is 12.9. The van der Waals surface area contributed by atoms with Crippen LogP contribution in [0.2, 0.25) is 0 Å². The first kappa shape index (κ1) is 25.9. The molecule has 0 aliphatic rings. The minimum atomic E-state index is -0.202. The number of methoxy groups -OCH3 is 1. The summed E-state index contributed by atoms with van der Waals surface area (Å²) in [6, 6.07) is 19.0. The summed E-state index contributed by atoms with van der Waals surface area (Å²) in [4.78, 5) is 19.4. The topological polar surface area (TPSA) is 89.7 Å². The second-order valence-electron chi connectivity index (χ2n) is 8.94. The van der Waals surface area contributed by atoms with E-state index >= 15 is 0 Å². The molecule has 8 heteroatoms. The van der Waals surface area contributed by atoms with Crippen LogP contribution in [0.3, 0.4) is 0 Å². The molecular formula is C29H32N4O4. The van der Waals surface area contributed by atoms with E-state index in [4.69, 9.17) is 14.0 Å². The fourth-order valence-corrected chi connectivity index (χ4v) is 3.85. The zero-order chi connectivity index (χ0) is 26.4. The average Bonchev–Trinajstić information content (AvgIpc) is 3.38. The lowest BCUT2D eigenvalue weighted by Crippen LogP contribution is -2.19. The molecule has 0 atom stereocenters. The lowest BCUT2D eigenvalue weighted by atomic mass is 9.97. The van der Waals surface area contributed by atoms with Crippen LogP contribution in [-0.4, -0.2) is 55.3 Å². The van der Waals surface area contributed by atoms with Crippen molar-refractivity contribution < 1.29 is 18.8 Å². The summed E-state index contributed by atoms with van der Waals surface area (Å²) in [6.45, 7) is 5.30. The summed E-state index contributed by atoms with van der Waals surface area (Å²) >= 11 is 0. The summed E-state index contributed by atoms with van der Waals surface area (Å²) in [6.07, 6.45) is 0.703. The maximum atomic E-state index is 12.9. The molecule has 0 aliphatic carbocycles. The van der Waals surface area contributed by atoms with Crippen LogP contribution < -0.4 is 14.8 Å². The van der Waals surface area contributed by atoms with Crippen LogP contribution in [0.1, 0.15) is 28.7 Å². The van der Waals surface area contributed by atoms with Gasteiger partial charge in [-0.3, -0.25) is 4.79 Å². The Morgan fingerprint density at radius 1 is 1.00 bits per heavy atom. The molecule has 4 aromatic rings. The lowest BCUT2D eigenvalue weighted by Gasteiger charge is -2.15. The Bertz CT molecular complexity index is 1360. The average molecular weight is 501 g/mol. The third-order valence-electron chi connectivity index (χ3n) is 5.93. The minimum Gasteiger partial charge on any atom is -0.493 e. The Balaban J connectivity index is 1.45. The highest BCUT2D eigenvalue weighted by molar-refractivity contribution is 6.04. The molecule has 1 heterocycles. The zero-order valence-corrected chi connectivity index (χ0v) is 21.9. The van der Waals surface area contributed by atoms with Crippen molar-refractivity contribution in [1.82, 2.24) is 15.0 Å². The third kappa shape index (κ3) is 6.34. The molecule has 0 fully saturated rings. The summed E-state index contributed by atoms with van der Waals surface area (Å²) < 4.78 is 16.5. The van der Waals surface area contributed by atoms with Crippen LogP contribution in [0.25, 0.3) is 22.5 Å². The molecule has 4 rings (SSSR count). The van der Waals surface area contributed by atoms with Crippen LogP contribution in [-0.2, 0) is 6.42 Å². The number of ether oxygens (including phenoxy) is 2.